The van der Waals surface area contributed by atoms with Gasteiger partial charge in [0, 0.05) is 22.5 Å². The minimum Gasteiger partial charge on any atom is -0.378 e. The molecule has 1 fully saturated rings. The lowest BCUT2D eigenvalue weighted by atomic mass is 9.80. The summed E-state index contributed by atoms with van der Waals surface area (Å²) in [5.41, 5.74) is 0.759. The van der Waals surface area contributed by atoms with Crippen molar-refractivity contribution < 1.29 is 9.53 Å². The average molecular weight is 347 g/mol. The highest BCUT2D eigenvalue weighted by atomic mass is 79.9. The number of carbonyl (C=O) groups is 1. The van der Waals surface area contributed by atoms with Crippen LogP contribution in [0.15, 0.2) is 22.7 Å². The number of hydrogen-bond acceptors (Lipinski definition) is 2. The second-order valence-electron chi connectivity index (χ2n) is 4.79. The smallest absolute Gasteiger partial charge is 0.224 e. The molecule has 3 nitrogen and oxygen atoms in total. The lowest BCUT2D eigenvalue weighted by Gasteiger charge is -2.34. The molecule has 0 saturated heterocycles. The molecule has 1 aliphatic rings. The summed E-state index contributed by atoms with van der Waals surface area (Å²) in [4.78, 5) is 11.9. The maximum atomic E-state index is 11.9. The van der Waals surface area contributed by atoms with Gasteiger partial charge >= 0.3 is 0 Å². The normalized spacial score (nSPS) is 21.8. The third-order valence-corrected chi connectivity index (χ3v) is 4.17. The van der Waals surface area contributed by atoms with E-state index in [-0.39, 0.29) is 5.91 Å². The predicted octanol–water partition coefficient (Wildman–Crippen LogP) is 4.25. The summed E-state index contributed by atoms with van der Waals surface area (Å²) in [6, 6.07) is 5.33. The second kappa shape index (κ2) is 6.73. The number of nitrogens with one attached hydrogen (secondary N) is 1. The van der Waals surface area contributed by atoms with Crippen LogP contribution in [-0.4, -0.2) is 18.6 Å². The van der Waals surface area contributed by atoms with Crippen LogP contribution in [-0.2, 0) is 9.53 Å². The van der Waals surface area contributed by atoms with E-state index in [1.165, 1.54) is 0 Å². The van der Waals surface area contributed by atoms with Gasteiger partial charge in [0.05, 0.1) is 11.8 Å². The summed E-state index contributed by atoms with van der Waals surface area (Å²) in [6.07, 6.45) is 2.88. The number of ether oxygens (including phenoxy) is 1. The highest BCUT2D eigenvalue weighted by molar-refractivity contribution is 9.10. The monoisotopic (exact) mass is 345 g/mol. The van der Waals surface area contributed by atoms with Crippen molar-refractivity contribution in [3.05, 3.63) is 27.7 Å². The van der Waals surface area contributed by atoms with Crippen molar-refractivity contribution in [2.75, 3.05) is 11.9 Å². The van der Waals surface area contributed by atoms with Gasteiger partial charge in [0.25, 0.3) is 0 Å². The van der Waals surface area contributed by atoms with Crippen molar-refractivity contribution in [2.45, 2.75) is 32.3 Å². The molecular formula is C14H17BrClNO2. The summed E-state index contributed by atoms with van der Waals surface area (Å²) in [5, 5.41) is 3.54. The quantitative estimate of drug-likeness (QED) is 0.865. The summed E-state index contributed by atoms with van der Waals surface area (Å²) in [7, 11) is 0. The average Bonchev–Trinajstić information content (AvgIpc) is 2.30. The standard InChI is InChI=1S/C14H17BrClNO2/c1-2-19-11-5-9(6-11)7-14(18)17-13-4-3-10(16)8-12(13)15/h3-4,8-9,11H,2,5-7H2,1H3,(H,17,18). The van der Waals surface area contributed by atoms with E-state index in [1.807, 2.05) is 6.92 Å². The Labute approximate surface area is 126 Å². The van der Waals surface area contributed by atoms with Crippen molar-refractivity contribution in [1.82, 2.24) is 0 Å². The molecule has 0 aliphatic heterocycles. The zero-order valence-corrected chi connectivity index (χ0v) is 13.1. The van der Waals surface area contributed by atoms with Crippen LogP contribution in [0.25, 0.3) is 0 Å². The third kappa shape index (κ3) is 4.20. The van der Waals surface area contributed by atoms with Gasteiger partial charge in [-0.05, 0) is 59.8 Å². The molecule has 104 valence electrons. The highest BCUT2D eigenvalue weighted by Crippen LogP contribution is 2.33. The van der Waals surface area contributed by atoms with Gasteiger partial charge in [-0.3, -0.25) is 4.79 Å². The van der Waals surface area contributed by atoms with Gasteiger partial charge in [0.2, 0.25) is 5.91 Å². The maximum absolute atomic E-state index is 11.9. The molecule has 1 aromatic rings. The van der Waals surface area contributed by atoms with Crippen molar-refractivity contribution in [2.24, 2.45) is 5.92 Å². The van der Waals surface area contributed by atoms with Crippen molar-refractivity contribution in [3.63, 3.8) is 0 Å². The minimum atomic E-state index is 0.0444. The molecule has 5 heteroatoms. The van der Waals surface area contributed by atoms with E-state index >= 15 is 0 Å². The Balaban J connectivity index is 1.79. The summed E-state index contributed by atoms with van der Waals surface area (Å²) >= 11 is 9.24. The molecule has 19 heavy (non-hydrogen) atoms. The van der Waals surface area contributed by atoms with E-state index in [2.05, 4.69) is 21.2 Å². The van der Waals surface area contributed by atoms with Gasteiger partial charge in [-0.2, -0.15) is 0 Å². The predicted molar refractivity (Wildman–Crippen MR) is 80.5 cm³/mol. The van der Waals surface area contributed by atoms with Crippen molar-refractivity contribution >= 4 is 39.1 Å². The minimum absolute atomic E-state index is 0.0444. The highest BCUT2D eigenvalue weighted by Gasteiger charge is 2.31. The van der Waals surface area contributed by atoms with Crippen LogP contribution < -0.4 is 5.32 Å². The summed E-state index contributed by atoms with van der Waals surface area (Å²) in [6.45, 7) is 2.75. The first-order valence-electron chi connectivity index (χ1n) is 6.45. The molecule has 0 unspecified atom stereocenters. The first-order chi connectivity index (χ1) is 9.08. The van der Waals surface area contributed by atoms with E-state index in [0.717, 1.165) is 29.6 Å². The van der Waals surface area contributed by atoms with Gasteiger partial charge < -0.3 is 10.1 Å². The number of amides is 1. The van der Waals surface area contributed by atoms with Crippen LogP contribution in [0.4, 0.5) is 5.69 Å². The topological polar surface area (TPSA) is 38.3 Å². The lowest BCUT2D eigenvalue weighted by molar-refractivity contribution is -0.119. The Kier molecular flexibility index (Phi) is 5.25. The number of benzene rings is 1. The Morgan fingerprint density at radius 3 is 2.89 bits per heavy atom. The Hall–Kier alpha value is -0.580. The van der Waals surface area contributed by atoms with Crippen LogP contribution in [0.5, 0.6) is 0 Å². The van der Waals surface area contributed by atoms with E-state index in [4.69, 9.17) is 16.3 Å². The molecule has 1 amide bonds. The zero-order valence-electron chi connectivity index (χ0n) is 10.8. The van der Waals surface area contributed by atoms with Gasteiger partial charge in [-0.25, -0.2) is 0 Å². The van der Waals surface area contributed by atoms with Gasteiger partial charge in [-0.15, -0.1) is 0 Å². The first-order valence-corrected chi connectivity index (χ1v) is 7.62. The van der Waals surface area contributed by atoms with Gasteiger partial charge in [-0.1, -0.05) is 11.6 Å². The van der Waals surface area contributed by atoms with Crippen LogP contribution in [0.3, 0.4) is 0 Å². The molecule has 0 radical (unpaired) electrons. The number of halogens is 2. The van der Waals surface area contributed by atoms with Gasteiger partial charge in [0.1, 0.15) is 0 Å². The van der Waals surface area contributed by atoms with E-state index in [0.29, 0.717) is 23.5 Å². The number of rotatable bonds is 5. The SMILES string of the molecule is CCOC1CC(CC(=O)Nc2ccc(Cl)cc2Br)C1. The lowest BCUT2D eigenvalue weighted by Crippen LogP contribution is -2.33. The Morgan fingerprint density at radius 2 is 2.26 bits per heavy atom. The number of anilines is 1. The fraction of sp³-hybridized carbons (Fsp3) is 0.500. The molecule has 0 atom stereocenters. The summed E-state index contributed by atoms with van der Waals surface area (Å²) < 4.78 is 6.29. The largest absolute Gasteiger partial charge is 0.378 e. The molecule has 1 aliphatic carbocycles. The first kappa shape index (κ1) is 14.8. The molecule has 0 spiro atoms. The van der Waals surface area contributed by atoms with Crippen molar-refractivity contribution in [1.29, 1.82) is 0 Å². The van der Waals surface area contributed by atoms with E-state index in [1.54, 1.807) is 18.2 Å². The summed E-state index contributed by atoms with van der Waals surface area (Å²) in [5.74, 6) is 0.491. The van der Waals surface area contributed by atoms with Crippen LogP contribution >= 0.6 is 27.5 Å². The Bertz CT molecular complexity index is 461. The molecular weight excluding hydrogens is 330 g/mol. The Morgan fingerprint density at radius 1 is 1.53 bits per heavy atom. The van der Waals surface area contributed by atoms with Crippen molar-refractivity contribution in [3.8, 4) is 0 Å². The molecule has 1 saturated carbocycles. The molecule has 2 rings (SSSR count). The van der Waals surface area contributed by atoms with Crippen LogP contribution in [0, 0.1) is 5.92 Å². The maximum Gasteiger partial charge on any atom is 0.224 e. The fourth-order valence-corrected chi connectivity index (χ4v) is 3.05. The second-order valence-corrected chi connectivity index (χ2v) is 6.08. The van der Waals surface area contributed by atoms with Gasteiger partial charge in [0.15, 0.2) is 0 Å². The number of carbonyl (C=O) groups excluding carboxylic acids is 1. The molecule has 0 bridgehead atoms. The third-order valence-electron chi connectivity index (χ3n) is 3.27. The van der Waals surface area contributed by atoms with E-state index in [9.17, 15) is 4.79 Å². The van der Waals surface area contributed by atoms with E-state index < -0.39 is 0 Å². The molecule has 0 aromatic heterocycles. The zero-order chi connectivity index (χ0) is 13.8. The molecule has 1 aromatic carbocycles. The molecule has 1 N–H and O–H groups in total. The molecule has 0 heterocycles. The fourth-order valence-electron chi connectivity index (χ4n) is 2.27. The van der Waals surface area contributed by atoms with Crippen LogP contribution in [0.2, 0.25) is 5.02 Å². The van der Waals surface area contributed by atoms with Crippen LogP contribution in [0.1, 0.15) is 26.2 Å². The number of hydrogen-bond donors (Lipinski definition) is 1.